The van der Waals surface area contributed by atoms with Crippen LogP contribution in [0.5, 0.6) is 0 Å². The average Bonchev–Trinajstić information content (AvgIpc) is 3.23. The molecular weight excluding hydrogens is 492 g/mol. The number of benzene rings is 1. The summed E-state index contributed by atoms with van der Waals surface area (Å²) in [6.45, 7) is 1.81. The standard InChI is InChI=1S/C26H30F4N4O3/c1-15(31)23(16(2)35)22(36)14-33(13-17-9-18(27)11-19(28)10-17)25(37)21-12-32-34(24(21)26(3,29)30)20-7-5-4-6-8-20/h9-12,20,23,31H,4-8,13-14H2,1-3H3. The van der Waals surface area contributed by atoms with Crippen LogP contribution in [0.2, 0.25) is 0 Å². The van der Waals surface area contributed by atoms with E-state index < -0.39 is 65.3 Å². The maximum absolute atomic E-state index is 14.9. The number of hydrogen-bond donors (Lipinski definition) is 1. The molecule has 3 rings (SSSR count). The minimum Gasteiger partial charge on any atom is -0.327 e. The first-order valence-electron chi connectivity index (χ1n) is 12.1. The number of carbonyl (C=O) groups excluding carboxylic acids is 3. The van der Waals surface area contributed by atoms with E-state index in [9.17, 15) is 31.9 Å². The third-order valence-electron chi connectivity index (χ3n) is 6.45. The van der Waals surface area contributed by atoms with Crippen molar-refractivity contribution in [1.29, 1.82) is 5.41 Å². The van der Waals surface area contributed by atoms with Crippen LogP contribution >= 0.6 is 0 Å². The summed E-state index contributed by atoms with van der Waals surface area (Å²) < 4.78 is 58.6. The van der Waals surface area contributed by atoms with E-state index in [1.54, 1.807) is 0 Å². The Hall–Kier alpha value is -3.37. The highest BCUT2D eigenvalue weighted by Gasteiger charge is 2.39. The molecule has 1 amide bonds. The zero-order valence-corrected chi connectivity index (χ0v) is 21.0. The number of alkyl halides is 2. The second-order valence-electron chi connectivity index (χ2n) is 9.66. The maximum atomic E-state index is 14.9. The van der Waals surface area contributed by atoms with Gasteiger partial charge in [-0.25, -0.2) is 8.78 Å². The zero-order valence-electron chi connectivity index (χ0n) is 21.0. The van der Waals surface area contributed by atoms with Crippen LogP contribution in [0.4, 0.5) is 17.6 Å². The molecule has 37 heavy (non-hydrogen) atoms. The number of rotatable bonds is 10. The number of amides is 1. The minimum atomic E-state index is -3.45. The molecule has 0 spiro atoms. The van der Waals surface area contributed by atoms with E-state index in [0.717, 1.165) is 49.4 Å². The second-order valence-corrected chi connectivity index (χ2v) is 9.66. The van der Waals surface area contributed by atoms with Gasteiger partial charge in [0, 0.05) is 25.2 Å². The van der Waals surface area contributed by atoms with Crippen molar-refractivity contribution < 1.29 is 31.9 Å². The molecule has 1 aliphatic carbocycles. The van der Waals surface area contributed by atoms with Gasteiger partial charge >= 0.3 is 0 Å². The summed E-state index contributed by atoms with van der Waals surface area (Å²) in [5, 5.41) is 11.9. The highest BCUT2D eigenvalue weighted by Crippen LogP contribution is 2.36. The molecule has 0 saturated heterocycles. The Morgan fingerprint density at radius 2 is 1.70 bits per heavy atom. The zero-order chi connectivity index (χ0) is 27.5. The van der Waals surface area contributed by atoms with Crippen molar-refractivity contribution in [2.24, 2.45) is 5.92 Å². The number of carbonyl (C=O) groups is 3. The number of aromatic nitrogens is 2. The first-order valence-corrected chi connectivity index (χ1v) is 12.1. The quantitative estimate of drug-likeness (QED) is 0.262. The predicted molar refractivity (Wildman–Crippen MR) is 128 cm³/mol. The SMILES string of the molecule is CC(=N)C(C(C)=O)C(=O)CN(Cc1cc(F)cc(F)c1)C(=O)c1cnn(C2CCCCC2)c1C(C)(F)F. The Bertz CT molecular complexity index is 1160. The third kappa shape index (κ3) is 6.69. The van der Waals surface area contributed by atoms with Crippen molar-refractivity contribution in [3.05, 3.63) is 52.9 Å². The van der Waals surface area contributed by atoms with Gasteiger partial charge in [-0.2, -0.15) is 13.9 Å². The highest BCUT2D eigenvalue weighted by molar-refractivity contribution is 6.19. The van der Waals surface area contributed by atoms with Crippen LogP contribution < -0.4 is 0 Å². The average molecular weight is 523 g/mol. The molecule has 11 heteroatoms. The first kappa shape index (κ1) is 28.2. The van der Waals surface area contributed by atoms with Crippen LogP contribution in [0, 0.1) is 23.0 Å². The van der Waals surface area contributed by atoms with Gasteiger partial charge in [0.15, 0.2) is 5.78 Å². The summed E-state index contributed by atoms with van der Waals surface area (Å²) in [7, 11) is 0. The molecule has 1 aromatic heterocycles. The number of ketones is 2. The van der Waals surface area contributed by atoms with Crippen molar-refractivity contribution in [2.45, 2.75) is 71.4 Å². The summed E-state index contributed by atoms with van der Waals surface area (Å²) in [6.07, 6.45) is 4.93. The lowest BCUT2D eigenvalue weighted by atomic mass is 9.94. The number of nitrogens with zero attached hydrogens (tertiary/aromatic N) is 3. The smallest absolute Gasteiger partial charge is 0.287 e. The number of nitrogens with one attached hydrogen (secondary N) is 1. The van der Waals surface area contributed by atoms with Gasteiger partial charge < -0.3 is 10.3 Å². The molecule has 1 saturated carbocycles. The van der Waals surface area contributed by atoms with Gasteiger partial charge in [-0.15, -0.1) is 0 Å². The lowest BCUT2D eigenvalue weighted by Gasteiger charge is -2.27. The van der Waals surface area contributed by atoms with E-state index in [2.05, 4.69) is 5.10 Å². The normalized spacial score (nSPS) is 15.3. The third-order valence-corrected chi connectivity index (χ3v) is 6.45. The largest absolute Gasteiger partial charge is 0.327 e. The van der Waals surface area contributed by atoms with E-state index in [1.807, 2.05) is 0 Å². The fraction of sp³-hybridized carbons (Fsp3) is 0.500. The van der Waals surface area contributed by atoms with Gasteiger partial charge in [0.2, 0.25) is 0 Å². The number of hydrogen-bond acceptors (Lipinski definition) is 5. The Morgan fingerprint density at radius 3 is 2.22 bits per heavy atom. The van der Waals surface area contributed by atoms with Crippen molar-refractivity contribution in [1.82, 2.24) is 14.7 Å². The van der Waals surface area contributed by atoms with E-state index in [0.29, 0.717) is 25.8 Å². The van der Waals surface area contributed by atoms with E-state index >= 15 is 0 Å². The molecule has 1 N–H and O–H groups in total. The number of halogens is 4. The molecule has 0 bridgehead atoms. The van der Waals surface area contributed by atoms with Crippen molar-refractivity contribution in [3.63, 3.8) is 0 Å². The summed E-state index contributed by atoms with van der Waals surface area (Å²) in [6, 6.07) is 2.23. The van der Waals surface area contributed by atoms with Gasteiger partial charge in [0.25, 0.3) is 11.8 Å². The van der Waals surface area contributed by atoms with Crippen molar-refractivity contribution in [3.8, 4) is 0 Å². The van der Waals surface area contributed by atoms with Gasteiger partial charge in [-0.1, -0.05) is 19.3 Å². The van der Waals surface area contributed by atoms with Crippen LogP contribution in [0.15, 0.2) is 24.4 Å². The summed E-state index contributed by atoms with van der Waals surface area (Å²) in [4.78, 5) is 39.4. The molecule has 0 radical (unpaired) electrons. The van der Waals surface area contributed by atoms with E-state index in [-0.39, 0.29) is 17.3 Å². The summed E-state index contributed by atoms with van der Waals surface area (Å²) in [5.41, 5.74) is -1.30. The molecule has 1 atom stereocenters. The topological polar surface area (TPSA) is 96.1 Å². The van der Waals surface area contributed by atoms with Crippen LogP contribution in [-0.2, 0) is 22.1 Å². The predicted octanol–water partition coefficient (Wildman–Crippen LogP) is 5.23. The monoisotopic (exact) mass is 522 g/mol. The molecule has 1 unspecified atom stereocenters. The fourth-order valence-corrected chi connectivity index (χ4v) is 4.90. The molecule has 2 aromatic rings. The van der Waals surface area contributed by atoms with E-state index in [4.69, 9.17) is 5.41 Å². The van der Waals surface area contributed by atoms with E-state index in [1.165, 1.54) is 11.6 Å². The molecule has 1 aliphatic rings. The second kappa shape index (κ2) is 11.4. The molecule has 200 valence electrons. The van der Waals surface area contributed by atoms with Crippen LogP contribution in [0.3, 0.4) is 0 Å². The lowest BCUT2D eigenvalue weighted by Crippen LogP contribution is -2.41. The molecule has 1 aromatic carbocycles. The summed E-state index contributed by atoms with van der Waals surface area (Å²) >= 11 is 0. The molecular formula is C26H30F4N4O3. The molecule has 7 nitrogen and oxygen atoms in total. The maximum Gasteiger partial charge on any atom is 0.287 e. The Morgan fingerprint density at radius 1 is 1.11 bits per heavy atom. The van der Waals surface area contributed by atoms with Gasteiger partial charge in [0.1, 0.15) is 29.0 Å². The Balaban J connectivity index is 2.05. The molecule has 1 fully saturated rings. The van der Waals surface area contributed by atoms with Crippen LogP contribution in [0.25, 0.3) is 0 Å². The Kier molecular flexibility index (Phi) is 8.65. The van der Waals surface area contributed by atoms with Crippen molar-refractivity contribution >= 4 is 23.2 Å². The van der Waals surface area contributed by atoms with Gasteiger partial charge in [-0.3, -0.25) is 19.1 Å². The Labute approximate surface area is 212 Å². The van der Waals surface area contributed by atoms with Gasteiger partial charge in [-0.05, 0) is 44.4 Å². The minimum absolute atomic E-state index is 0.0194. The van der Waals surface area contributed by atoms with Crippen LogP contribution in [0.1, 0.15) is 80.5 Å². The fourth-order valence-electron chi connectivity index (χ4n) is 4.90. The first-order chi connectivity index (χ1) is 17.3. The highest BCUT2D eigenvalue weighted by atomic mass is 19.3. The summed E-state index contributed by atoms with van der Waals surface area (Å²) in [5.74, 6) is -9.15. The molecule has 0 aliphatic heterocycles. The number of Topliss-reactive ketones (excluding diaryl/α,β-unsaturated/α-hetero) is 2. The molecule has 1 heterocycles. The van der Waals surface area contributed by atoms with Crippen molar-refractivity contribution in [2.75, 3.05) is 6.54 Å². The lowest BCUT2D eigenvalue weighted by molar-refractivity contribution is -0.129. The van der Waals surface area contributed by atoms with Crippen LogP contribution in [-0.4, -0.2) is 44.4 Å². The van der Waals surface area contributed by atoms with Gasteiger partial charge in [0.05, 0.1) is 24.3 Å².